The topological polar surface area (TPSA) is 63.7 Å². The van der Waals surface area contributed by atoms with Crippen molar-refractivity contribution in [1.82, 2.24) is 4.90 Å². The van der Waals surface area contributed by atoms with Crippen molar-refractivity contribution < 1.29 is 31.1 Å². The van der Waals surface area contributed by atoms with Crippen molar-refractivity contribution in [2.75, 3.05) is 6.26 Å². The van der Waals surface area contributed by atoms with Crippen molar-refractivity contribution in [2.24, 2.45) is 0 Å². The van der Waals surface area contributed by atoms with Gasteiger partial charge < -0.3 is 9.64 Å². The SMILES string of the molecule is Cc1cccc2c1CN(C(=O)c1cc(S(C)(=O)=O)ccc1O[C@@H](C)C(F)(F)F)C2. The van der Waals surface area contributed by atoms with Gasteiger partial charge in [-0.1, -0.05) is 18.2 Å². The third-order valence-electron chi connectivity index (χ3n) is 4.88. The van der Waals surface area contributed by atoms with Crippen LogP contribution in [-0.4, -0.2) is 37.8 Å². The van der Waals surface area contributed by atoms with Gasteiger partial charge in [0.05, 0.1) is 10.5 Å². The zero-order chi connectivity index (χ0) is 21.6. The number of hydrogen-bond acceptors (Lipinski definition) is 4. The molecule has 1 aliphatic rings. The van der Waals surface area contributed by atoms with Gasteiger partial charge in [0.25, 0.3) is 5.91 Å². The van der Waals surface area contributed by atoms with E-state index in [9.17, 15) is 26.4 Å². The van der Waals surface area contributed by atoms with Gasteiger partial charge in [0.2, 0.25) is 0 Å². The second-order valence-electron chi connectivity index (χ2n) is 7.11. The van der Waals surface area contributed by atoms with E-state index in [-0.39, 0.29) is 29.3 Å². The number of nitrogens with zero attached hydrogens (tertiary/aromatic N) is 1. The van der Waals surface area contributed by atoms with E-state index < -0.39 is 28.0 Å². The third kappa shape index (κ3) is 4.39. The molecule has 1 amide bonds. The highest BCUT2D eigenvalue weighted by molar-refractivity contribution is 7.90. The molecule has 2 aromatic rings. The maximum atomic E-state index is 13.1. The van der Waals surface area contributed by atoms with Crippen molar-refractivity contribution in [3.8, 4) is 5.75 Å². The normalized spacial score (nSPS) is 15.2. The van der Waals surface area contributed by atoms with Gasteiger partial charge in [0, 0.05) is 19.3 Å². The quantitative estimate of drug-likeness (QED) is 0.743. The van der Waals surface area contributed by atoms with Gasteiger partial charge in [0.1, 0.15) is 5.75 Å². The van der Waals surface area contributed by atoms with E-state index in [4.69, 9.17) is 4.74 Å². The highest BCUT2D eigenvalue weighted by Gasteiger charge is 2.39. The summed E-state index contributed by atoms with van der Waals surface area (Å²) in [6.07, 6.45) is -5.82. The molecule has 2 aromatic carbocycles. The number of amides is 1. The summed E-state index contributed by atoms with van der Waals surface area (Å²) < 4.78 is 67.6. The van der Waals surface area contributed by atoms with Gasteiger partial charge in [-0.15, -0.1) is 0 Å². The number of carbonyl (C=O) groups is 1. The first-order valence-corrected chi connectivity index (χ1v) is 10.7. The van der Waals surface area contributed by atoms with Gasteiger partial charge in [-0.2, -0.15) is 13.2 Å². The molecule has 0 saturated heterocycles. The fourth-order valence-corrected chi connectivity index (χ4v) is 3.82. The number of hydrogen-bond donors (Lipinski definition) is 0. The Morgan fingerprint density at radius 3 is 2.45 bits per heavy atom. The lowest BCUT2D eigenvalue weighted by Gasteiger charge is -2.22. The molecule has 1 heterocycles. The van der Waals surface area contributed by atoms with Crippen LogP contribution in [0.1, 0.15) is 34.0 Å². The Morgan fingerprint density at radius 2 is 1.86 bits per heavy atom. The number of benzene rings is 2. The third-order valence-corrected chi connectivity index (χ3v) is 5.99. The fourth-order valence-electron chi connectivity index (χ4n) is 3.17. The molecule has 0 unspecified atom stereocenters. The second kappa shape index (κ2) is 7.37. The number of carbonyl (C=O) groups excluding carboxylic acids is 1. The Labute approximate surface area is 167 Å². The van der Waals surface area contributed by atoms with E-state index in [0.717, 1.165) is 48.1 Å². The summed E-state index contributed by atoms with van der Waals surface area (Å²) in [6.45, 7) is 3.32. The Kier molecular flexibility index (Phi) is 5.38. The van der Waals surface area contributed by atoms with Crippen LogP contribution >= 0.6 is 0 Å². The molecule has 0 aromatic heterocycles. The summed E-state index contributed by atoms with van der Waals surface area (Å²) in [6, 6.07) is 8.97. The number of halogens is 3. The van der Waals surface area contributed by atoms with Gasteiger partial charge in [0.15, 0.2) is 15.9 Å². The van der Waals surface area contributed by atoms with Crippen LogP contribution in [0, 0.1) is 6.92 Å². The zero-order valence-corrected chi connectivity index (χ0v) is 16.9. The molecule has 0 spiro atoms. The average Bonchev–Trinajstić information content (AvgIpc) is 3.05. The predicted octanol–water partition coefficient (Wildman–Crippen LogP) is 3.88. The molecule has 0 saturated carbocycles. The van der Waals surface area contributed by atoms with Gasteiger partial charge >= 0.3 is 6.18 Å². The summed E-state index contributed by atoms with van der Waals surface area (Å²) >= 11 is 0. The first-order chi connectivity index (χ1) is 13.4. The molecule has 1 atom stereocenters. The second-order valence-corrected chi connectivity index (χ2v) is 9.12. The highest BCUT2D eigenvalue weighted by Crippen LogP contribution is 2.32. The summed E-state index contributed by atoms with van der Waals surface area (Å²) in [5.74, 6) is -0.893. The summed E-state index contributed by atoms with van der Waals surface area (Å²) in [5.41, 5.74) is 2.72. The number of fused-ring (bicyclic) bond motifs is 1. The van der Waals surface area contributed by atoms with Crippen molar-refractivity contribution in [3.63, 3.8) is 0 Å². The monoisotopic (exact) mass is 427 g/mol. The van der Waals surface area contributed by atoms with Crippen molar-refractivity contribution in [3.05, 3.63) is 58.7 Å². The molecule has 156 valence electrons. The standard InChI is InChI=1S/C20H20F3NO4S/c1-12-5-4-6-14-10-24(11-17(12)14)19(25)16-9-15(29(3,26)27)7-8-18(16)28-13(2)20(21,22)23/h4-9,13H,10-11H2,1-3H3/t13-/m0/s1. The Morgan fingerprint density at radius 1 is 1.17 bits per heavy atom. The fraction of sp³-hybridized carbons (Fsp3) is 0.350. The van der Waals surface area contributed by atoms with Crippen LogP contribution in [0.15, 0.2) is 41.3 Å². The minimum Gasteiger partial charge on any atom is -0.480 e. The number of alkyl halides is 3. The number of sulfone groups is 1. The largest absolute Gasteiger partial charge is 0.480 e. The van der Waals surface area contributed by atoms with E-state index in [1.807, 2.05) is 25.1 Å². The van der Waals surface area contributed by atoms with Crippen LogP contribution in [-0.2, 0) is 22.9 Å². The molecule has 0 fully saturated rings. The van der Waals surface area contributed by atoms with Crippen molar-refractivity contribution in [2.45, 2.75) is 44.1 Å². The summed E-state index contributed by atoms with van der Waals surface area (Å²) in [4.78, 5) is 14.4. The van der Waals surface area contributed by atoms with Crippen molar-refractivity contribution >= 4 is 15.7 Å². The van der Waals surface area contributed by atoms with Crippen LogP contribution < -0.4 is 4.74 Å². The lowest BCUT2D eigenvalue weighted by molar-refractivity contribution is -0.189. The molecule has 0 N–H and O–H groups in total. The lowest BCUT2D eigenvalue weighted by Crippen LogP contribution is -2.32. The maximum Gasteiger partial charge on any atom is 0.425 e. The van der Waals surface area contributed by atoms with Crippen LogP contribution in [0.25, 0.3) is 0 Å². The average molecular weight is 427 g/mol. The number of ether oxygens (including phenoxy) is 1. The summed E-state index contributed by atoms with van der Waals surface area (Å²) in [5, 5.41) is 0. The molecule has 5 nitrogen and oxygen atoms in total. The minimum absolute atomic E-state index is 0.166. The molecule has 0 aliphatic carbocycles. The molecule has 1 aliphatic heterocycles. The molecular formula is C20H20F3NO4S. The van der Waals surface area contributed by atoms with Crippen LogP contribution in [0.3, 0.4) is 0 Å². The lowest BCUT2D eigenvalue weighted by atomic mass is 10.1. The smallest absolute Gasteiger partial charge is 0.425 e. The van der Waals surface area contributed by atoms with E-state index in [2.05, 4.69) is 0 Å². The minimum atomic E-state index is -4.63. The molecule has 0 radical (unpaired) electrons. The molecule has 3 rings (SSSR count). The van der Waals surface area contributed by atoms with Crippen LogP contribution in [0.5, 0.6) is 5.75 Å². The van der Waals surface area contributed by atoms with E-state index in [1.54, 1.807) is 0 Å². The van der Waals surface area contributed by atoms with Crippen LogP contribution in [0.4, 0.5) is 13.2 Å². The van der Waals surface area contributed by atoms with E-state index in [0.29, 0.717) is 0 Å². The Bertz CT molecular complexity index is 1060. The van der Waals surface area contributed by atoms with Gasteiger partial charge in [-0.25, -0.2) is 8.42 Å². The summed E-state index contributed by atoms with van der Waals surface area (Å²) in [7, 11) is -3.66. The van der Waals surface area contributed by atoms with Gasteiger partial charge in [-0.05, 0) is 48.7 Å². The zero-order valence-electron chi connectivity index (χ0n) is 16.1. The maximum absolute atomic E-state index is 13.1. The van der Waals surface area contributed by atoms with Crippen LogP contribution in [0.2, 0.25) is 0 Å². The number of aryl methyl sites for hydroxylation is 1. The first-order valence-electron chi connectivity index (χ1n) is 8.82. The molecule has 29 heavy (non-hydrogen) atoms. The molecule has 9 heteroatoms. The predicted molar refractivity (Wildman–Crippen MR) is 100 cm³/mol. The van der Waals surface area contributed by atoms with E-state index in [1.165, 1.54) is 4.90 Å². The Hall–Kier alpha value is -2.55. The first kappa shape index (κ1) is 21.2. The molecular weight excluding hydrogens is 407 g/mol. The van der Waals surface area contributed by atoms with E-state index >= 15 is 0 Å². The Balaban J connectivity index is 1.99. The van der Waals surface area contributed by atoms with Gasteiger partial charge in [-0.3, -0.25) is 4.79 Å². The molecule has 0 bridgehead atoms. The van der Waals surface area contributed by atoms with Crippen molar-refractivity contribution in [1.29, 1.82) is 0 Å². The highest BCUT2D eigenvalue weighted by atomic mass is 32.2. The number of rotatable bonds is 4.